The van der Waals surface area contributed by atoms with E-state index in [-0.39, 0.29) is 9.79 Å². The van der Waals surface area contributed by atoms with Gasteiger partial charge in [-0.15, -0.1) is 0 Å². The molecule has 3 rings (SSSR count). The number of hydrogen-bond donors (Lipinski definition) is 0. The second-order valence-corrected chi connectivity index (χ2v) is 11.9. The van der Waals surface area contributed by atoms with Crippen molar-refractivity contribution in [3.05, 3.63) is 22.7 Å². The highest BCUT2D eigenvalue weighted by molar-refractivity contribution is 9.10. The van der Waals surface area contributed by atoms with Gasteiger partial charge in [-0.05, 0) is 59.8 Å². The Kier molecular flexibility index (Phi) is 7.00. The summed E-state index contributed by atoms with van der Waals surface area (Å²) >= 11 is 3.31. The Morgan fingerprint density at radius 1 is 0.667 bits per heavy atom. The minimum atomic E-state index is -3.73. The Bertz CT molecular complexity index is 855. The van der Waals surface area contributed by atoms with E-state index >= 15 is 0 Å². The maximum Gasteiger partial charge on any atom is 0.244 e. The van der Waals surface area contributed by atoms with E-state index in [1.165, 1.54) is 26.8 Å². The van der Waals surface area contributed by atoms with Crippen LogP contribution >= 0.6 is 15.9 Å². The molecule has 0 saturated carbocycles. The molecule has 1 aromatic rings. The van der Waals surface area contributed by atoms with E-state index in [4.69, 9.17) is 0 Å². The molecule has 9 heteroatoms. The number of sulfonamides is 2. The summed E-state index contributed by atoms with van der Waals surface area (Å²) in [6.07, 6.45) is 7.46. The molecule has 2 heterocycles. The highest BCUT2D eigenvalue weighted by Crippen LogP contribution is 2.31. The first kappa shape index (κ1) is 21.2. The molecule has 2 saturated heterocycles. The van der Waals surface area contributed by atoms with Gasteiger partial charge in [-0.25, -0.2) is 16.8 Å². The first-order valence-electron chi connectivity index (χ1n) is 9.63. The molecule has 6 nitrogen and oxygen atoms in total. The van der Waals surface area contributed by atoms with Gasteiger partial charge in [-0.1, -0.05) is 25.7 Å². The molecular weight excluding hydrogens is 452 g/mol. The summed E-state index contributed by atoms with van der Waals surface area (Å²) in [5, 5.41) is 0. The van der Waals surface area contributed by atoms with Crippen molar-refractivity contribution in [3.8, 4) is 0 Å². The third-order valence-electron chi connectivity index (χ3n) is 5.29. The van der Waals surface area contributed by atoms with Gasteiger partial charge >= 0.3 is 0 Å². The lowest BCUT2D eigenvalue weighted by Crippen LogP contribution is -2.33. The van der Waals surface area contributed by atoms with E-state index in [1.807, 2.05) is 0 Å². The van der Waals surface area contributed by atoms with Crippen LogP contribution in [-0.4, -0.2) is 51.6 Å². The Balaban J connectivity index is 1.96. The number of benzene rings is 1. The van der Waals surface area contributed by atoms with Crippen LogP contribution in [0, 0.1) is 0 Å². The second kappa shape index (κ2) is 8.90. The summed E-state index contributed by atoms with van der Waals surface area (Å²) in [6, 6.07) is 4.35. The molecule has 0 unspecified atom stereocenters. The summed E-state index contributed by atoms with van der Waals surface area (Å²) in [7, 11) is -7.43. The zero-order valence-corrected chi connectivity index (χ0v) is 18.7. The van der Waals surface area contributed by atoms with Crippen molar-refractivity contribution in [3.63, 3.8) is 0 Å². The van der Waals surface area contributed by atoms with Gasteiger partial charge in [0, 0.05) is 30.7 Å². The minimum Gasteiger partial charge on any atom is -0.207 e. The summed E-state index contributed by atoms with van der Waals surface area (Å²) in [4.78, 5) is 0.0984. The van der Waals surface area contributed by atoms with Crippen LogP contribution in [0.5, 0.6) is 0 Å². The maximum absolute atomic E-state index is 13.2. The second-order valence-electron chi connectivity index (χ2n) is 7.23. The quantitative estimate of drug-likeness (QED) is 0.662. The molecule has 0 atom stereocenters. The summed E-state index contributed by atoms with van der Waals surface area (Å²) in [6.45, 7) is 1.95. The Hall–Kier alpha value is -0.480. The molecule has 0 aliphatic carbocycles. The van der Waals surface area contributed by atoms with E-state index in [1.54, 1.807) is 0 Å². The van der Waals surface area contributed by atoms with Crippen LogP contribution in [0.2, 0.25) is 0 Å². The third-order valence-corrected chi connectivity index (χ3v) is 10.1. The molecule has 2 aliphatic heterocycles. The average molecular weight is 479 g/mol. The Morgan fingerprint density at radius 3 is 1.59 bits per heavy atom. The van der Waals surface area contributed by atoms with Crippen molar-refractivity contribution in [1.29, 1.82) is 0 Å². The van der Waals surface area contributed by atoms with Gasteiger partial charge in [-0.2, -0.15) is 8.61 Å². The lowest BCUT2D eigenvalue weighted by Gasteiger charge is -2.23. The van der Waals surface area contributed by atoms with E-state index in [2.05, 4.69) is 15.9 Å². The number of nitrogens with zero attached hydrogens (tertiary/aromatic N) is 2. The fraction of sp³-hybridized carbons (Fsp3) is 0.667. The van der Waals surface area contributed by atoms with E-state index in [0.717, 1.165) is 51.4 Å². The van der Waals surface area contributed by atoms with Crippen molar-refractivity contribution in [2.75, 3.05) is 26.2 Å². The molecule has 0 amide bonds. The maximum atomic E-state index is 13.2. The molecule has 152 valence electrons. The van der Waals surface area contributed by atoms with Crippen LogP contribution in [-0.2, 0) is 20.0 Å². The molecule has 0 radical (unpaired) electrons. The van der Waals surface area contributed by atoms with Gasteiger partial charge in [0.2, 0.25) is 20.0 Å². The van der Waals surface area contributed by atoms with Crippen molar-refractivity contribution in [2.24, 2.45) is 0 Å². The predicted octanol–water partition coefficient (Wildman–Crippen LogP) is 3.58. The monoisotopic (exact) mass is 478 g/mol. The fourth-order valence-corrected chi connectivity index (χ4v) is 7.78. The van der Waals surface area contributed by atoms with Crippen LogP contribution in [0.1, 0.15) is 51.4 Å². The van der Waals surface area contributed by atoms with Gasteiger partial charge in [0.15, 0.2) is 0 Å². The average Bonchev–Trinajstić information content (AvgIpc) is 3.07. The molecule has 0 aromatic heterocycles. The number of rotatable bonds is 4. The van der Waals surface area contributed by atoms with Gasteiger partial charge in [0.25, 0.3) is 0 Å². The molecule has 27 heavy (non-hydrogen) atoms. The first-order chi connectivity index (χ1) is 12.8. The lowest BCUT2D eigenvalue weighted by molar-refractivity contribution is 0.421. The zero-order chi connectivity index (χ0) is 19.5. The van der Waals surface area contributed by atoms with E-state index < -0.39 is 20.0 Å². The van der Waals surface area contributed by atoms with Crippen LogP contribution < -0.4 is 0 Å². The van der Waals surface area contributed by atoms with Crippen LogP contribution in [0.3, 0.4) is 0 Å². The molecule has 2 fully saturated rings. The van der Waals surface area contributed by atoms with Crippen LogP contribution in [0.15, 0.2) is 32.5 Å². The predicted molar refractivity (Wildman–Crippen MR) is 109 cm³/mol. The summed E-state index contributed by atoms with van der Waals surface area (Å²) < 4.78 is 55.8. The highest BCUT2D eigenvalue weighted by Gasteiger charge is 2.31. The standard InChI is InChI=1S/C18H27BrN2O4S2/c19-17-10-9-16(26(22,23)20-11-5-1-2-6-12-20)15-18(17)27(24,25)21-13-7-3-4-8-14-21/h9-10,15H,1-8,11-14H2. The van der Waals surface area contributed by atoms with E-state index in [0.29, 0.717) is 30.7 Å². The van der Waals surface area contributed by atoms with Crippen molar-refractivity contribution in [1.82, 2.24) is 8.61 Å². The van der Waals surface area contributed by atoms with Crippen molar-refractivity contribution >= 4 is 36.0 Å². The van der Waals surface area contributed by atoms with Crippen LogP contribution in [0.25, 0.3) is 0 Å². The normalized spacial score (nSPS) is 21.5. The third kappa shape index (κ3) is 4.75. The van der Waals surface area contributed by atoms with Gasteiger partial charge in [-0.3, -0.25) is 0 Å². The number of hydrogen-bond acceptors (Lipinski definition) is 4. The SMILES string of the molecule is O=S(=O)(c1ccc(Br)c(S(=O)(=O)N2CCCCCC2)c1)N1CCCCCC1. The highest BCUT2D eigenvalue weighted by atomic mass is 79.9. The summed E-state index contributed by atoms with van der Waals surface area (Å²) in [5.41, 5.74) is 0. The molecule has 2 aliphatic rings. The lowest BCUT2D eigenvalue weighted by atomic mass is 10.2. The van der Waals surface area contributed by atoms with E-state index in [9.17, 15) is 16.8 Å². The van der Waals surface area contributed by atoms with Gasteiger partial charge in [0.05, 0.1) is 9.79 Å². The topological polar surface area (TPSA) is 74.8 Å². The fourth-order valence-electron chi connectivity index (χ4n) is 3.69. The molecule has 0 spiro atoms. The molecule has 0 N–H and O–H groups in total. The van der Waals surface area contributed by atoms with Crippen molar-refractivity contribution in [2.45, 2.75) is 61.2 Å². The Morgan fingerprint density at radius 2 is 1.11 bits per heavy atom. The summed E-state index contributed by atoms with van der Waals surface area (Å²) in [5.74, 6) is 0. The number of halogens is 1. The zero-order valence-electron chi connectivity index (χ0n) is 15.4. The van der Waals surface area contributed by atoms with Crippen LogP contribution in [0.4, 0.5) is 0 Å². The van der Waals surface area contributed by atoms with Gasteiger partial charge < -0.3 is 0 Å². The molecular formula is C18H27BrN2O4S2. The molecule has 1 aromatic carbocycles. The largest absolute Gasteiger partial charge is 0.244 e. The smallest absolute Gasteiger partial charge is 0.207 e. The van der Waals surface area contributed by atoms with Crippen molar-refractivity contribution < 1.29 is 16.8 Å². The Labute approximate surface area is 171 Å². The molecule has 0 bridgehead atoms. The first-order valence-corrected chi connectivity index (χ1v) is 13.3. The minimum absolute atomic E-state index is 0.0419. The van der Waals surface area contributed by atoms with Gasteiger partial charge in [0.1, 0.15) is 0 Å².